The zero-order valence-corrected chi connectivity index (χ0v) is 16.4. The van der Waals surface area contributed by atoms with Crippen molar-refractivity contribution >= 4 is 23.2 Å². The van der Waals surface area contributed by atoms with E-state index in [-0.39, 0.29) is 17.3 Å². The van der Waals surface area contributed by atoms with E-state index >= 15 is 0 Å². The van der Waals surface area contributed by atoms with Crippen LogP contribution in [-0.4, -0.2) is 35.5 Å². The average molecular weight is 387 g/mol. The van der Waals surface area contributed by atoms with Crippen LogP contribution in [0.2, 0.25) is 5.02 Å². The molecule has 2 atom stereocenters. The summed E-state index contributed by atoms with van der Waals surface area (Å²) in [6, 6.07) is 14.3. The molecule has 0 N–H and O–H groups in total. The van der Waals surface area contributed by atoms with Gasteiger partial charge in [-0.15, -0.1) is 0 Å². The van der Waals surface area contributed by atoms with Gasteiger partial charge in [-0.3, -0.25) is 4.79 Å². The lowest BCUT2D eigenvalue weighted by atomic mass is 9.89. The molecule has 5 heteroatoms. The van der Waals surface area contributed by atoms with E-state index in [2.05, 4.69) is 18.7 Å². The largest absolute Gasteiger partial charge is 0.363 e. The van der Waals surface area contributed by atoms with E-state index in [4.69, 9.17) is 11.6 Å². The molecule has 0 radical (unpaired) electrons. The van der Waals surface area contributed by atoms with Crippen molar-refractivity contribution in [2.24, 2.45) is 5.92 Å². The Morgan fingerprint density at radius 2 is 1.78 bits per heavy atom. The molecular weight excluding hydrogens is 363 g/mol. The Hall–Kier alpha value is -2.07. The summed E-state index contributed by atoms with van der Waals surface area (Å²) in [5.74, 6) is 0.272. The number of rotatable bonds is 2. The molecule has 1 amide bonds. The minimum atomic E-state index is -0.212. The molecule has 142 valence electrons. The molecular formula is C22H24ClFN2O. The Balaban J connectivity index is 1.53. The third-order valence-electron chi connectivity index (χ3n) is 5.92. The molecule has 2 heterocycles. The minimum absolute atomic E-state index is 0.0213. The highest BCUT2D eigenvalue weighted by Crippen LogP contribution is 2.44. The number of hydrogen-bond donors (Lipinski definition) is 0. The average Bonchev–Trinajstić information content (AvgIpc) is 2.91. The van der Waals surface area contributed by atoms with Crippen molar-refractivity contribution in [2.75, 3.05) is 18.0 Å². The number of hydrogen-bond acceptors (Lipinski definition) is 2. The molecule has 2 saturated heterocycles. The van der Waals surface area contributed by atoms with Crippen molar-refractivity contribution < 1.29 is 9.18 Å². The number of anilines is 1. The first kappa shape index (κ1) is 18.3. The van der Waals surface area contributed by atoms with Gasteiger partial charge < -0.3 is 9.80 Å². The monoisotopic (exact) mass is 386 g/mol. The lowest BCUT2D eigenvalue weighted by Crippen LogP contribution is -2.50. The van der Waals surface area contributed by atoms with Crippen LogP contribution in [0.3, 0.4) is 0 Å². The highest BCUT2D eigenvalue weighted by molar-refractivity contribution is 6.30. The highest BCUT2D eigenvalue weighted by atomic mass is 35.5. The van der Waals surface area contributed by atoms with Crippen LogP contribution >= 0.6 is 11.6 Å². The van der Waals surface area contributed by atoms with Gasteiger partial charge >= 0.3 is 0 Å². The Morgan fingerprint density at radius 3 is 2.44 bits per heavy atom. The van der Waals surface area contributed by atoms with Gasteiger partial charge in [0.2, 0.25) is 0 Å². The van der Waals surface area contributed by atoms with Gasteiger partial charge in [0.15, 0.2) is 0 Å². The first-order valence-electron chi connectivity index (χ1n) is 9.45. The summed E-state index contributed by atoms with van der Waals surface area (Å²) in [5, 5.41) is 0.637. The first-order chi connectivity index (χ1) is 12.8. The van der Waals surface area contributed by atoms with Gasteiger partial charge in [0.1, 0.15) is 5.82 Å². The van der Waals surface area contributed by atoms with Crippen LogP contribution < -0.4 is 4.90 Å². The Kier molecular flexibility index (Phi) is 4.63. The predicted molar refractivity (Wildman–Crippen MR) is 107 cm³/mol. The van der Waals surface area contributed by atoms with Crippen LogP contribution in [-0.2, 0) is 0 Å². The summed E-state index contributed by atoms with van der Waals surface area (Å²) in [4.78, 5) is 17.3. The summed E-state index contributed by atoms with van der Waals surface area (Å²) in [6.07, 6.45) is 1.93. The third kappa shape index (κ3) is 3.43. The number of nitrogens with zero attached hydrogens (tertiary/aromatic N) is 2. The second-order valence-corrected chi connectivity index (χ2v) is 8.67. The van der Waals surface area contributed by atoms with E-state index in [9.17, 15) is 9.18 Å². The molecule has 0 spiro atoms. The fourth-order valence-electron chi connectivity index (χ4n) is 4.85. The van der Waals surface area contributed by atoms with E-state index in [1.807, 2.05) is 17.0 Å². The fourth-order valence-corrected chi connectivity index (χ4v) is 4.98. The summed E-state index contributed by atoms with van der Waals surface area (Å²) < 4.78 is 13.4. The molecule has 0 unspecified atom stereocenters. The first-order valence-corrected chi connectivity index (χ1v) is 9.83. The van der Waals surface area contributed by atoms with Crippen molar-refractivity contribution in [3.63, 3.8) is 0 Å². The van der Waals surface area contributed by atoms with Gasteiger partial charge in [0, 0.05) is 40.9 Å². The van der Waals surface area contributed by atoms with Crippen molar-refractivity contribution in [3.8, 4) is 0 Å². The summed E-state index contributed by atoms with van der Waals surface area (Å²) in [6.45, 7) is 5.96. The summed E-state index contributed by atoms with van der Waals surface area (Å²) in [5.41, 5.74) is 1.73. The molecule has 0 bridgehead atoms. The number of carbonyl (C=O) groups is 1. The number of halogens is 2. The number of fused-ring (bicyclic) bond motifs is 1. The second-order valence-electron chi connectivity index (χ2n) is 8.24. The summed E-state index contributed by atoms with van der Waals surface area (Å²) in [7, 11) is 0. The Labute approximate surface area is 164 Å². The third-order valence-corrected chi connectivity index (χ3v) is 6.17. The molecule has 4 rings (SSSR count). The Bertz CT molecular complexity index is 834. The fraction of sp³-hybridized carbons (Fsp3) is 0.409. The molecule has 2 aromatic carbocycles. The lowest BCUT2D eigenvalue weighted by molar-refractivity contribution is 0.0667. The predicted octanol–water partition coefficient (Wildman–Crippen LogP) is 5.00. The van der Waals surface area contributed by atoms with Gasteiger partial charge in [0.05, 0.1) is 0 Å². The normalized spacial score (nSPS) is 24.0. The zero-order chi connectivity index (χ0) is 19.2. The van der Waals surface area contributed by atoms with Crippen LogP contribution in [0.5, 0.6) is 0 Å². The van der Waals surface area contributed by atoms with E-state index in [0.29, 0.717) is 22.5 Å². The van der Waals surface area contributed by atoms with Crippen molar-refractivity contribution in [1.82, 2.24) is 4.90 Å². The van der Waals surface area contributed by atoms with Gasteiger partial charge in [-0.05, 0) is 81.1 Å². The molecule has 2 aromatic rings. The number of amides is 1. The maximum Gasteiger partial charge on any atom is 0.253 e. The van der Waals surface area contributed by atoms with Gasteiger partial charge in [-0.1, -0.05) is 11.6 Å². The number of piperidine rings is 1. The standard InChI is InChI=1S/C22H24ClFN2O/c1-22(2)13-16-14-25(21(27)15-3-5-17(23)6-4-15)12-11-20(16)26(22)19-9-7-18(24)8-10-19/h3-10,16,20H,11-14H2,1-2H3/t16-,20+/m1/s1. The Morgan fingerprint density at radius 1 is 1.11 bits per heavy atom. The number of benzene rings is 2. The van der Waals surface area contributed by atoms with Crippen LogP contribution in [0, 0.1) is 11.7 Å². The highest BCUT2D eigenvalue weighted by Gasteiger charge is 2.48. The molecule has 2 fully saturated rings. The zero-order valence-electron chi connectivity index (χ0n) is 15.7. The minimum Gasteiger partial charge on any atom is -0.363 e. The van der Waals surface area contributed by atoms with E-state index < -0.39 is 0 Å². The van der Waals surface area contributed by atoms with E-state index in [1.165, 1.54) is 12.1 Å². The topological polar surface area (TPSA) is 23.6 Å². The maximum absolute atomic E-state index is 13.4. The lowest BCUT2D eigenvalue weighted by Gasteiger charge is -2.42. The van der Waals surface area contributed by atoms with Crippen molar-refractivity contribution in [2.45, 2.75) is 38.3 Å². The van der Waals surface area contributed by atoms with Crippen molar-refractivity contribution in [3.05, 3.63) is 64.9 Å². The van der Waals surface area contributed by atoms with E-state index in [1.54, 1.807) is 24.3 Å². The van der Waals surface area contributed by atoms with Crippen LogP contribution in [0.1, 0.15) is 37.0 Å². The summed E-state index contributed by atoms with van der Waals surface area (Å²) >= 11 is 5.94. The van der Waals surface area contributed by atoms with Gasteiger partial charge in [0.25, 0.3) is 5.91 Å². The number of likely N-dealkylation sites (tertiary alicyclic amines) is 1. The maximum atomic E-state index is 13.4. The molecule has 2 aliphatic rings. The van der Waals surface area contributed by atoms with Crippen LogP contribution in [0.15, 0.2) is 48.5 Å². The van der Waals surface area contributed by atoms with Crippen LogP contribution in [0.4, 0.5) is 10.1 Å². The van der Waals surface area contributed by atoms with Gasteiger partial charge in [-0.25, -0.2) is 4.39 Å². The molecule has 0 aromatic heterocycles. The molecule has 27 heavy (non-hydrogen) atoms. The molecule has 0 aliphatic carbocycles. The van der Waals surface area contributed by atoms with E-state index in [0.717, 1.165) is 31.6 Å². The quantitative estimate of drug-likeness (QED) is 0.725. The van der Waals surface area contributed by atoms with Crippen LogP contribution in [0.25, 0.3) is 0 Å². The molecule has 2 aliphatic heterocycles. The van der Waals surface area contributed by atoms with Crippen molar-refractivity contribution in [1.29, 1.82) is 0 Å². The SMILES string of the molecule is CC1(C)C[C@@H]2CN(C(=O)c3ccc(Cl)cc3)CC[C@@H]2N1c1ccc(F)cc1. The molecule has 0 saturated carbocycles. The second kappa shape index (κ2) is 6.83. The smallest absolute Gasteiger partial charge is 0.253 e. The molecule has 3 nitrogen and oxygen atoms in total. The van der Waals surface area contributed by atoms with Gasteiger partial charge in [-0.2, -0.15) is 0 Å². The number of carbonyl (C=O) groups excluding carboxylic acids is 1.